The summed E-state index contributed by atoms with van der Waals surface area (Å²) >= 11 is 8.57. The highest BCUT2D eigenvalue weighted by molar-refractivity contribution is 8.01. The van der Waals surface area contributed by atoms with Crippen LogP contribution in [-0.2, 0) is 9.59 Å². The Morgan fingerprint density at radius 1 is 1.27 bits per heavy atom. The average molecular weight is 611 g/mol. The molecule has 0 fully saturated rings. The second-order valence-electron chi connectivity index (χ2n) is 9.02. The summed E-state index contributed by atoms with van der Waals surface area (Å²) in [5.74, 6) is -3.48. The molecule has 1 unspecified atom stereocenters. The number of aromatic carboxylic acids is 1. The van der Waals surface area contributed by atoms with Gasteiger partial charge in [0.25, 0.3) is 0 Å². The van der Waals surface area contributed by atoms with Crippen LogP contribution in [-0.4, -0.2) is 38.7 Å². The van der Waals surface area contributed by atoms with Gasteiger partial charge in [-0.05, 0) is 43.2 Å². The number of amides is 1. The Bertz CT molecular complexity index is 1680. The number of nitrogens with two attached hydrogens (primary N) is 1. The number of anilines is 2. The molecule has 1 aromatic heterocycles. The van der Waals surface area contributed by atoms with Crippen molar-refractivity contribution in [2.45, 2.75) is 29.5 Å². The molecule has 0 spiro atoms. The van der Waals surface area contributed by atoms with Gasteiger partial charge in [0.2, 0.25) is 11.0 Å². The first-order valence-electron chi connectivity index (χ1n) is 12.2. The van der Waals surface area contributed by atoms with Crippen molar-refractivity contribution in [3.8, 4) is 6.07 Å². The zero-order valence-corrected chi connectivity index (χ0v) is 23.4. The fourth-order valence-electron chi connectivity index (χ4n) is 4.79. The summed E-state index contributed by atoms with van der Waals surface area (Å²) in [5.41, 5.74) is 7.63. The number of nitrogens with one attached hydrogen (secondary N) is 1. The van der Waals surface area contributed by atoms with Gasteiger partial charge in [-0.3, -0.25) is 14.5 Å². The van der Waals surface area contributed by atoms with Crippen molar-refractivity contribution in [3.05, 3.63) is 87.1 Å². The molecule has 4 N–H and O–H groups in total. The third kappa shape index (κ3) is 5.54. The van der Waals surface area contributed by atoms with Gasteiger partial charge in [-0.1, -0.05) is 46.8 Å². The van der Waals surface area contributed by atoms with Gasteiger partial charge in [-0.25, -0.2) is 9.18 Å². The molecule has 41 heavy (non-hydrogen) atoms. The molecule has 0 bridgehead atoms. The Labute approximate surface area is 246 Å². The molecule has 208 valence electrons. The van der Waals surface area contributed by atoms with Crippen LogP contribution in [0.1, 0.15) is 41.1 Å². The maximum Gasteiger partial charge on any atom is 0.335 e. The van der Waals surface area contributed by atoms with Crippen LogP contribution in [0.25, 0.3) is 0 Å². The lowest BCUT2D eigenvalue weighted by atomic mass is 9.75. The van der Waals surface area contributed by atoms with E-state index in [-0.39, 0.29) is 62.1 Å². The standard InChI is InChI=1S/C27H20ClFN6O4S2/c28-16-6-2-7-17(29)22(16)21-15(11-30)24(31)35(18-8-3-9-19(36)23(18)21)26-33-34-27(41-26)40-12-20(37)32-14-5-1-4-13(10-14)25(38)39/h1-2,4-7,10,21H,3,8-9,12,31H2,(H,32,37)(H,38,39). The van der Waals surface area contributed by atoms with Crippen LogP contribution in [0.4, 0.5) is 15.2 Å². The van der Waals surface area contributed by atoms with Crippen LogP contribution in [0.2, 0.25) is 5.02 Å². The summed E-state index contributed by atoms with van der Waals surface area (Å²) in [6.45, 7) is 0. The summed E-state index contributed by atoms with van der Waals surface area (Å²) in [7, 11) is 0. The first-order valence-corrected chi connectivity index (χ1v) is 14.4. The molecule has 5 rings (SSSR count). The number of nitrogens with zero attached hydrogens (tertiary/aromatic N) is 4. The van der Waals surface area contributed by atoms with E-state index in [1.54, 1.807) is 6.07 Å². The van der Waals surface area contributed by atoms with E-state index in [1.807, 2.05) is 0 Å². The number of carboxylic acids is 1. The largest absolute Gasteiger partial charge is 0.478 e. The van der Waals surface area contributed by atoms with E-state index >= 15 is 4.39 Å². The predicted octanol–water partition coefficient (Wildman–Crippen LogP) is 5.06. The Hall–Kier alpha value is -4.25. The van der Waals surface area contributed by atoms with E-state index in [2.05, 4.69) is 21.6 Å². The minimum atomic E-state index is -1.11. The zero-order chi connectivity index (χ0) is 29.3. The lowest BCUT2D eigenvalue weighted by molar-refractivity contribution is -0.116. The van der Waals surface area contributed by atoms with Gasteiger partial charge in [-0.15, -0.1) is 10.2 Å². The molecule has 1 atom stereocenters. The van der Waals surface area contributed by atoms with Crippen molar-refractivity contribution in [2.75, 3.05) is 16.0 Å². The molecule has 10 nitrogen and oxygen atoms in total. The quantitative estimate of drug-likeness (QED) is 0.308. The molecule has 0 saturated carbocycles. The third-order valence-corrected chi connectivity index (χ3v) is 8.88. The topological polar surface area (TPSA) is 162 Å². The fourth-order valence-corrected chi connectivity index (χ4v) is 6.74. The van der Waals surface area contributed by atoms with Gasteiger partial charge in [0.15, 0.2) is 10.1 Å². The van der Waals surface area contributed by atoms with Gasteiger partial charge in [0.05, 0.1) is 28.9 Å². The second kappa shape index (κ2) is 11.7. The maximum absolute atomic E-state index is 15.0. The second-order valence-corrected chi connectivity index (χ2v) is 11.6. The maximum atomic E-state index is 15.0. The summed E-state index contributed by atoms with van der Waals surface area (Å²) in [6.07, 6.45) is 1.20. The number of halogens is 2. The number of hydrogen-bond donors (Lipinski definition) is 3. The van der Waals surface area contributed by atoms with Gasteiger partial charge in [0.1, 0.15) is 11.6 Å². The predicted molar refractivity (Wildman–Crippen MR) is 152 cm³/mol. The number of thioether (sulfide) groups is 1. The van der Waals surface area contributed by atoms with Crippen LogP contribution >= 0.6 is 34.7 Å². The number of carboxylic acid groups (broad SMARTS) is 1. The normalized spacial score (nSPS) is 16.9. The van der Waals surface area contributed by atoms with E-state index in [1.165, 1.54) is 41.3 Å². The molecular formula is C27H20ClFN6O4S2. The molecule has 2 heterocycles. The number of hydrogen-bond acceptors (Lipinski definition) is 10. The van der Waals surface area contributed by atoms with Crippen LogP contribution in [0, 0.1) is 17.1 Å². The van der Waals surface area contributed by atoms with Gasteiger partial charge < -0.3 is 16.2 Å². The van der Waals surface area contributed by atoms with Crippen LogP contribution in [0.5, 0.6) is 0 Å². The average Bonchev–Trinajstić information content (AvgIpc) is 3.40. The number of nitriles is 1. The molecule has 3 aromatic rings. The summed E-state index contributed by atoms with van der Waals surface area (Å²) < 4.78 is 15.5. The molecule has 1 aliphatic carbocycles. The lowest BCUT2D eigenvalue weighted by Gasteiger charge is -2.38. The number of allylic oxidation sites excluding steroid dienone is 3. The summed E-state index contributed by atoms with van der Waals surface area (Å²) in [6, 6.07) is 12.1. The molecular weight excluding hydrogens is 591 g/mol. The monoisotopic (exact) mass is 610 g/mol. The minimum absolute atomic E-state index is 0.00553. The fraction of sp³-hybridized carbons (Fsp3) is 0.185. The number of Topliss-reactive ketones (excluding diaryl/α,β-unsaturated/α-hetero) is 1. The minimum Gasteiger partial charge on any atom is -0.478 e. The number of rotatable bonds is 7. The van der Waals surface area contributed by atoms with Crippen molar-refractivity contribution in [1.82, 2.24) is 10.2 Å². The number of aromatic nitrogens is 2. The van der Waals surface area contributed by atoms with Crippen LogP contribution in [0.3, 0.4) is 0 Å². The van der Waals surface area contributed by atoms with E-state index in [4.69, 9.17) is 22.4 Å². The van der Waals surface area contributed by atoms with Gasteiger partial charge >= 0.3 is 5.97 Å². The molecule has 2 aliphatic rings. The Kier molecular flexibility index (Phi) is 8.07. The lowest BCUT2D eigenvalue weighted by Crippen LogP contribution is -2.39. The van der Waals surface area contributed by atoms with Crippen molar-refractivity contribution in [2.24, 2.45) is 5.73 Å². The molecule has 0 saturated heterocycles. The Balaban J connectivity index is 1.42. The summed E-state index contributed by atoms with van der Waals surface area (Å²) in [4.78, 5) is 38.4. The molecule has 14 heteroatoms. The third-order valence-electron chi connectivity index (χ3n) is 6.51. The first-order chi connectivity index (χ1) is 19.7. The van der Waals surface area contributed by atoms with Gasteiger partial charge in [0, 0.05) is 34.0 Å². The van der Waals surface area contributed by atoms with Crippen molar-refractivity contribution in [3.63, 3.8) is 0 Å². The van der Waals surface area contributed by atoms with E-state index in [0.717, 1.165) is 23.1 Å². The number of ketones is 1. The number of benzene rings is 2. The van der Waals surface area contributed by atoms with Crippen LogP contribution in [0.15, 0.2) is 69.5 Å². The number of carbonyl (C=O) groups excluding carboxylic acids is 2. The zero-order valence-electron chi connectivity index (χ0n) is 21.1. The van der Waals surface area contributed by atoms with E-state index in [9.17, 15) is 19.6 Å². The van der Waals surface area contributed by atoms with Crippen molar-refractivity contribution < 1.29 is 23.9 Å². The molecule has 1 amide bonds. The smallest absolute Gasteiger partial charge is 0.335 e. The Morgan fingerprint density at radius 3 is 2.78 bits per heavy atom. The molecule has 0 radical (unpaired) electrons. The van der Waals surface area contributed by atoms with Crippen LogP contribution < -0.4 is 16.0 Å². The Morgan fingerprint density at radius 2 is 2.05 bits per heavy atom. The highest BCUT2D eigenvalue weighted by Crippen LogP contribution is 2.48. The number of carbonyl (C=O) groups is 3. The molecule has 2 aromatic carbocycles. The SMILES string of the molecule is N#CC1=C(N)N(c2nnc(SCC(=O)Nc3cccc(C(=O)O)c3)s2)C2=C(C(=O)CCC2)C1c1c(F)cccc1Cl. The van der Waals surface area contributed by atoms with E-state index in [0.29, 0.717) is 28.6 Å². The van der Waals surface area contributed by atoms with Gasteiger partial charge in [-0.2, -0.15) is 5.26 Å². The summed E-state index contributed by atoms with van der Waals surface area (Å²) in [5, 5.41) is 30.6. The van der Waals surface area contributed by atoms with Crippen molar-refractivity contribution >= 4 is 63.2 Å². The molecule has 1 aliphatic heterocycles. The highest BCUT2D eigenvalue weighted by Gasteiger charge is 2.43. The van der Waals surface area contributed by atoms with Crippen molar-refractivity contribution in [1.29, 1.82) is 5.26 Å². The van der Waals surface area contributed by atoms with E-state index < -0.39 is 17.7 Å². The first kappa shape index (κ1) is 28.3. The highest BCUT2D eigenvalue weighted by atomic mass is 35.5.